The SMILES string of the molecule is Cc1ccc(N2c3ccccc3B3c4oc5c(c4N(c4ccccc4)c4cc(C)cc2c43)CCCC5)cc1. The summed E-state index contributed by atoms with van der Waals surface area (Å²) in [7, 11) is 0. The molecule has 5 aromatic rings. The molecule has 1 aliphatic carbocycles. The molecular formula is C34H29BN2O. The monoisotopic (exact) mass is 492 g/mol. The number of hydrogen-bond donors (Lipinski definition) is 0. The average molecular weight is 492 g/mol. The first-order chi connectivity index (χ1) is 18.7. The van der Waals surface area contributed by atoms with Crippen molar-refractivity contribution in [3.8, 4) is 0 Å². The Morgan fingerprint density at radius 3 is 2.16 bits per heavy atom. The minimum Gasteiger partial charge on any atom is -0.473 e. The summed E-state index contributed by atoms with van der Waals surface area (Å²) in [5.41, 5.74) is 15.1. The second-order valence-electron chi connectivity index (χ2n) is 11.0. The van der Waals surface area contributed by atoms with E-state index in [2.05, 4.69) is 115 Å². The second-order valence-corrected chi connectivity index (χ2v) is 11.0. The number of nitrogens with zero attached hydrogens (tertiary/aromatic N) is 2. The molecule has 1 aromatic heterocycles. The first-order valence-electron chi connectivity index (χ1n) is 13.8. The molecule has 3 nitrogen and oxygen atoms in total. The summed E-state index contributed by atoms with van der Waals surface area (Å²) < 4.78 is 6.91. The summed E-state index contributed by atoms with van der Waals surface area (Å²) in [6.45, 7) is 4.44. The molecule has 3 heterocycles. The third-order valence-corrected chi connectivity index (χ3v) is 8.50. The zero-order chi connectivity index (χ0) is 25.4. The lowest BCUT2D eigenvalue weighted by atomic mass is 9.35. The maximum atomic E-state index is 6.91. The zero-order valence-corrected chi connectivity index (χ0v) is 21.9. The van der Waals surface area contributed by atoms with E-state index in [1.54, 1.807) is 0 Å². The topological polar surface area (TPSA) is 19.6 Å². The van der Waals surface area contributed by atoms with E-state index in [-0.39, 0.29) is 6.71 Å². The Morgan fingerprint density at radius 2 is 1.34 bits per heavy atom. The molecule has 0 saturated carbocycles. The van der Waals surface area contributed by atoms with E-state index in [0.29, 0.717) is 0 Å². The molecule has 0 spiro atoms. The predicted octanol–water partition coefficient (Wildman–Crippen LogP) is 6.86. The minimum atomic E-state index is 0.0686. The van der Waals surface area contributed by atoms with Gasteiger partial charge in [-0.15, -0.1) is 0 Å². The van der Waals surface area contributed by atoms with Crippen molar-refractivity contribution >= 4 is 57.4 Å². The smallest absolute Gasteiger partial charge is 0.297 e. The lowest BCUT2D eigenvalue weighted by Crippen LogP contribution is -2.61. The molecule has 3 aliphatic rings. The van der Waals surface area contributed by atoms with E-state index in [1.165, 1.54) is 80.3 Å². The van der Waals surface area contributed by atoms with Crippen LogP contribution in [0.1, 0.15) is 35.3 Å². The summed E-state index contributed by atoms with van der Waals surface area (Å²) in [4.78, 5) is 4.95. The number of para-hydroxylation sites is 2. The molecule has 184 valence electrons. The van der Waals surface area contributed by atoms with Crippen LogP contribution >= 0.6 is 0 Å². The molecule has 0 unspecified atom stereocenters. The highest BCUT2D eigenvalue weighted by Gasteiger charge is 2.47. The van der Waals surface area contributed by atoms with Gasteiger partial charge in [-0.3, -0.25) is 0 Å². The fourth-order valence-corrected chi connectivity index (χ4v) is 6.87. The van der Waals surface area contributed by atoms with Gasteiger partial charge in [0.2, 0.25) is 0 Å². The van der Waals surface area contributed by atoms with Crippen LogP contribution in [0, 0.1) is 13.8 Å². The van der Waals surface area contributed by atoms with Crippen LogP contribution < -0.4 is 26.4 Å². The van der Waals surface area contributed by atoms with E-state index in [9.17, 15) is 0 Å². The van der Waals surface area contributed by atoms with Crippen LogP contribution in [0.5, 0.6) is 0 Å². The van der Waals surface area contributed by atoms with Crippen LogP contribution in [0.25, 0.3) is 0 Å². The van der Waals surface area contributed by atoms with Crippen molar-refractivity contribution in [1.82, 2.24) is 0 Å². The standard InChI is InChI=1S/C34H29BN2O/c1-22-16-18-25(19-17-22)36-28-14-8-7-13-27(28)35-32-29(36)20-23(2)21-30(32)37(24-10-4-3-5-11-24)33-26-12-6-9-15-31(26)38-34(33)35/h3-5,7-8,10-11,13-14,16-21H,6,9,12,15H2,1-2H3. The largest absolute Gasteiger partial charge is 0.473 e. The van der Waals surface area contributed by atoms with Crippen LogP contribution in [0.3, 0.4) is 0 Å². The van der Waals surface area contributed by atoms with Crippen LogP contribution in [0.4, 0.5) is 34.1 Å². The molecule has 4 heteroatoms. The van der Waals surface area contributed by atoms with Crippen molar-refractivity contribution in [3.63, 3.8) is 0 Å². The number of aryl methyl sites for hydroxylation is 3. The fraction of sp³-hybridized carbons (Fsp3) is 0.176. The first kappa shape index (κ1) is 21.9. The van der Waals surface area contributed by atoms with Gasteiger partial charge in [-0.2, -0.15) is 0 Å². The van der Waals surface area contributed by atoms with Gasteiger partial charge >= 0.3 is 0 Å². The van der Waals surface area contributed by atoms with Crippen LogP contribution in [-0.4, -0.2) is 6.71 Å². The Labute approximate surface area is 224 Å². The first-order valence-corrected chi connectivity index (χ1v) is 13.8. The molecule has 0 saturated heterocycles. The zero-order valence-electron chi connectivity index (χ0n) is 21.9. The highest BCUT2D eigenvalue weighted by molar-refractivity contribution is 6.99. The van der Waals surface area contributed by atoms with Gasteiger partial charge in [0.25, 0.3) is 6.71 Å². The number of benzene rings is 4. The molecule has 4 aromatic carbocycles. The van der Waals surface area contributed by atoms with Gasteiger partial charge in [0.15, 0.2) is 0 Å². The van der Waals surface area contributed by atoms with Crippen molar-refractivity contribution in [1.29, 1.82) is 0 Å². The van der Waals surface area contributed by atoms with Crippen molar-refractivity contribution in [2.75, 3.05) is 9.80 Å². The summed E-state index contributed by atoms with van der Waals surface area (Å²) in [5.74, 6) is 1.19. The van der Waals surface area contributed by atoms with Crippen molar-refractivity contribution in [2.45, 2.75) is 39.5 Å². The molecule has 0 bridgehead atoms. The third-order valence-electron chi connectivity index (χ3n) is 8.50. The predicted molar refractivity (Wildman–Crippen MR) is 159 cm³/mol. The molecule has 0 amide bonds. The lowest BCUT2D eigenvalue weighted by Gasteiger charge is -2.42. The molecule has 0 atom stereocenters. The van der Waals surface area contributed by atoms with Gasteiger partial charge in [0, 0.05) is 40.4 Å². The van der Waals surface area contributed by atoms with E-state index in [1.807, 2.05) is 0 Å². The Morgan fingerprint density at radius 1 is 0.658 bits per heavy atom. The van der Waals surface area contributed by atoms with Crippen LogP contribution in [0.15, 0.2) is 95.4 Å². The summed E-state index contributed by atoms with van der Waals surface area (Å²) in [6, 6.07) is 33.4. The Bertz CT molecular complexity index is 1700. The van der Waals surface area contributed by atoms with Gasteiger partial charge in [0.1, 0.15) is 5.76 Å². The van der Waals surface area contributed by atoms with Crippen molar-refractivity contribution < 1.29 is 4.42 Å². The molecule has 2 aliphatic heterocycles. The lowest BCUT2D eigenvalue weighted by molar-refractivity contribution is 0.497. The third kappa shape index (κ3) is 3.03. The number of fused-ring (bicyclic) bond motifs is 6. The molecule has 8 rings (SSSR count). The van der Waals surface area contributed by atoms with E-state index >= 15 is 0 Å². The van der Waals surface area contributed by atoms with Crippen molar-refractivity contribution in [2.24, 2.45) is 0 Å². The van der Waals surface area contributed by atoms with Crippen molar-refractivity contribution in [3.05, 3.63) is 113 Å². The molecule has 0 N–H and O–H groups in total. The van der Waals surface area contributed by atoms with Crippen LogP contribution in [0.2, 0.25) is 0 Å². The minimum absolute atomic E-state index is 0.0686. The maximum Gasteiger partial charge on any atom is 0.297 e. The van der Waals surface area contributed by atoms with E-state index in [4.69, 9.17) is 4.42 Å². The Kier molecular flexibility index (Phi) is 4.70. The number of rotatable bonds is 2. The normalized spacial score (nSPS) is 15.1. The summed E-state index contributed by atoms with van der Waals surface area (Å²) in [6.07, 6.45) is 4.52. The van der Waals surface area contributed by atoms with Gasteiger partial charge < -0.3 is 14.2 Å². The number of hydrogen-bond acceptors (Lipinski definition) is 3. The van der Waals surface area contributed by atoms with Gasteiger partial charge in [0.05, 0.1) is 11.3 Å². The van der Waals surface area contributed by atoms with E-state index < -0.39 is 0 Å². The quantitative estimate of drug-likeness (QED) is 0.246. The highest BCUT2D eigenvalue weighted by atomic mass is 16.3. The molecular weight excluding hydrogens is 463 g/mol. The van der Waals surface area contributed by atoms with Gasteiger partial charge in [-0.25, -0.2) is 0 Å². The van der Waals surface area contributed by atoms with Gasteiger partial charge in [-0.1, -0.05) is 54.1 Å². The highest BCUT2D eigenvalue weighted by Crippen LogP contribution is 2.47. The Balaban J connectivity index is 1.48. The molecule has 0 radical (unpaired) electrons. The molecule has 38 heavy (non-hydrogen) atoms. The van der Waals surface area contributed by atoms with E-state index in [0.717, 1.165) is 18.5 Å². The summed E-state index contributed by atoms with van der Waals surface area (Å²) in [5, 5.41) is 0. The van der Waals surface area contributed by atoms with Gasteiger partial charge in [-0.05, 0) is 92.1 Å². The van der Waals surface area contributed by atoms with Crippen LogP contribution in [-0.2, 0) is 12.8 Å². The second kappa shape index (κ2) is 8.16. The fourth-order valence-electron chi connectivity index (χ4n) is 6.87. The molecule has 0 fully saturated rings. The maximum absolute atomic E-state index is 6.91. The Hall–Kier alpha value is -4.18. The average Bonchev–Trinajstić information content (AvgIpc) is 3.33. The summed E-state index contributed by atoms with van der Waals surface area (Å²) >= 11 is 0. The number of anilines is 6. The number of furan rings is 1.